The number of amides is 1. The Balaban J connectivity index is 1.52. The predicted molar refractivity (Wildman–Crippen MR) is 99.5 cm³/mol. The molecule has 2 aliphatic rings. The Morgan fingerprint density at radius 1 is 1.35 bits per heavy atom. The van der Waals surface area contributed by atoms with Gasteiger partial charge in [0.25, 0.3) is 5.91 Å². The lowest BCUT2D eigenvalue weighted by molar-refractivity contribution is -0.159. The van der Waals surface area contributed by atoms with Crippen LogP contribution in [0.15, 0.2) is 10.6 Å². The summed E-state index contributed by atoms with van der Waals surface area (Å²) in [6.07, 6.45) is 9.09. The van der Waals surface area contributed by atoms with E-state index in [2.05, 4.69) is 5.16 Å². The normalized spacial score (nSPS) is 25.2. The molecule has 146 valence electrons. The van der Waals surface area contributed by atoms with E-state index >= 15 is 0 Å². The van der Waals surface area contributed by atoms with E-state index in [0.29, 0.717) is 19.5 Å². The van der Waals surface area contributed by atoms with Gasteiger partial charge in [-0.25, -0.2) is 0 Å². The van der Waals surface area contributed by atoms with E-state index in [-0.39, 0.29) is 5.91 Å². The van der Waals surface area contributed by atoms with Gasteiger partial charge in [0.2, 0.25) is 0 Å². The first-order chi connectivity index (χ1) is 12.5. The van der Waals surface area contributed by atoms with Crippen LogP contribution in [0.3, 0.4) is 0 Å². The second-order valence-electron chi connectivity index (χ2n) is 8.32. The van der Waals surface area contributed by atoms with E-state index in [4.69, 9.17) is 4.52 Å². The number of likely N-dealkylation sites (tertiary alicyclic amines) is 1. The molecule has 1 aliphatic carbocycles. The fraction of sp³-hybridized carbons (Fsp3) is 0.800. The van der Waals surface area contributed by atoms with Crippen LogP contribution >= 0.6 is 0 Å². The largest absolute Gasteiger partial charge is 0.379 e. The van der Waals surface area contributed by atoms with E-state index < -0.39 is 5.60 Å². The number of piperidine rings is 1. The third-order valence-corrected chi connectivity index (χ3v) is 5.88. The summed E-state index contributed by atoms with van der Waals surface area (Å²) < 4.78 is 5.09. The van der Waals surface area contributed by atoms with Crippen molar-refractivity contribution >= 4 is 5.91 Å². The van der Waals surface area contributed by atoms with Gasteiger partial charge in [-0.3, -0.25) is 9.69 Å². The minimum atomic E-state index is -1.28. The molecular formula is C20H33N3O3. The number of rotatable bonds is 7. The van der Waals surface area contributed by atoms with Crippen LogP contribution in [-0.4, -0.2) is 58.3 Å². The summed E-state index contributed by atoms with van der Waals surface area (Å²) in [4.78, 5) is 16.8. The first-order valence-electron chi connectivity index (χ1n) is 10.1. The molecule has 0 radical (unpaired) electrons. The van der Waals surface area contributed by atoms with Crippen LogP contribution in [0.1, 0.15) is 62.8 Å². The van der Waals surface area contributed by atoms with Crippen LogP contribution in [0.4, 0.5) is 0 Å². The zero-order valence-electron chi connectivity index (χ0n) is 16.2. The molecule has 6 nitrogen and oxygen atoms in total. The highest BCUT2D eigenvalue weighted by Crippen LogP contribution is 2.29. The van der Waals surface area contributed by atoms with Crippen molar-refractivity contribution in [3.05, 3.63) is 17.5 Å². The first kappa shape index (κ1) is 19.4. The van der Waals surface area contributed by atoms with Crippen LogP contribution in [0, 0.1) is 12.8 Å². The number of hydrogen-bond donors (Lipinski definition) is 1. The topological polar surface area (TPSA) is 69.8 Å². The Kier molecular flexibility index (Phi) is 6.35. The lowest BCUT2D eigenvalue weighted by atomic mass is 9.86. The third kappa shape index (κ3) is 4.86. The van der Waals surface area contributed by atoms with Crippen LogP contribution in [0.5, 0.6) is 0 Å². The molecule has 0 aromatic carbocycles. The molecule has 1 saturated heterocycles. The van der Waals surface area contributed by atoms with E-state index in [1.807, 2.05) is 29.8 Å². The van der Waals surface area contributed by atoms with Gasteiger partial charge in [0.05, 0.1) is 5.69 Å². The van der Waals surface area contributed by atoms with Crippen LogP contribution < -0.4 is 0 Å². The maximum Gasteiger partial charge on any atom is 0.255 e. The predicted octanol–water partition coefficient (Wildman–Crippen LogP) is 2.74. The van der Waals surface area contributed by atoms with Crippen molar-refractivity contribution in [2.24, 2.45) is 5.92 Å². The molecule has 1 aliphatic heterocycles. The number of aliphatic hydroxyl groups is 1. The van der Waals surface area contributed by atoms with Crippen molar-refractivity contribution < 1.29 is 14.4 Å². The highest BCUT2D eigenvalue weighted by Gasteiger charge is 2.42. The van der Waals surface area contributed by atoms with Gasteiger partial charge in [-0.1, -0.05) is 37.3 Å². The summed E-state index contributed by atoms with van der Waals surface area (Å²) in [6.45, 7) is 4.32. The molecule has 3 rings (SSSR count). The van der Waals surface area contributed by atoms with Crippen molar-refractivity contribution in [2.45, 2.75) is 70.4 Å². The number of hydrogen-bond acceptors (Lipinski definition) is 5. The van der Waals surface area contributed by atoms with E-state index in [9.17, 15) is 9.90 Å². The summed E-state index contributed by atoms with van der Waals surface area (Å²) in [5, 5.41) is 15.0. The molecule has 1 saturated carbocycles. The maximum absolute atomic E-state index is 12.9. The molecule has 1 N–H and O–H groups in total. The fourth-order valence-electron chi connectivity index (χ4n) is 4.51. The highest BCUT2D eigenvalue weighted by molar-refractivity contribution is 5.86. The molecule has 2 heterocycles. The molecule has 0 bridgehead atoms. The van der Waals surface area contributed by atoms with E-state index in [1.165, 1.54) is 32.1 Å². The van der Waals surface area contributed by atoms with Gasteiger partial charge in [0.15, 0.2) is 5.60 Å². The Hall–Kier alpha value is -1.40. The fourth-order valence-corrected chi connectivity index (χ4v) is 4.51. The van der Waals surface area contributed by atoms with Crippen molar-refractivity contribution in [2.75, 3.05) is 26.7 Å². The zero-order valence-corrected chi connectivity index (χ0v) is 16.2. The average molecular weight is 364 g/mol. The molecule has 1 atom stereocenters. The molecule has 1 amide bonds. The Morgan fingerprint density at radius 3 is 2.81 bits per heavy atom. The molecule has 2 fully saturated rings. The molecule has 0 unspecified atom stereocenters. The number of aryl methyl sites for hydroxylation is 1. The lowest BCUT2D eigenvalue weighted by Crippen LogP contribution is -2.58. The highest BCUT2D eigenvalue weighted by atomic mass is 16.5. The molecule has 0 spiro atoms. The summed E-state index contributed by atoms with van der Waals surface area (Å²) in [5.74, 6) is 1.43. The Morgan fingerprint density at radius 2 is 2.12 bits per heavy atom. The van der Waals surface area contributed by atoms with Gasteiger partial charge >= 0.3 is 0 Å². The number of carbonyl (C=O) groups is 1. The molecule has 1 aromatic rings. The smallest absolute Gasteiger partial charge is 0.255 e. The Labute approximate surface area is 156 Å². The van der Waals surface area contributed by atoms with Crippen molar-refractivity contribution in [1.29, 1.82) is 0 Å². The van der Waals surface area contributed by atoms with Gasteiger partial charge in [-0.15, -0.1) is 0 Å². The minimum Gasteiger partial charge on any atom is -0.379 e. The summed E-state index contributed by atoms with van der Waals surface area (Å²) in [5.41, 5.74) is -0.454. The molecule has 6 heteroatoms. The van der Waals surface area contributed by atoms with Gasteiger partial charge in [-0.05, 0) is 39.2 Å². The Bertz CT molecular complexity index is 597. The number of nitrogens with zero attached hydrogens (tertiary/aromatic N) is 3. The zero-order chi connectivity index (χ0) is 18.6. The molecular weight excluding hydrogens is 330 g/mol. The SMILES string of the molecule is Cc1cc(CN(C)C[C@@]2(O)CCCN(CCC3CCCCC3)C2=O)no1. The lowest BCUT2D eigenvalue weighted by Gasteiger charge is -2.40. The van der Waals surface area contributed by atoms with Crippen LogP contribution in [0.25, 0.3) is 0 Å². The van der Waals surface area contributed by atoms with Crippen molar-refractivity contribution in [1.82, 2.24) is 15.0 Å². The minimum absolute atomic E-state index is 0.0947. The van der Waals surface area contributed by atoms with E-state index in [0.717, 1.165) is 43.3 Å². The molecule has 1 aromatic heterocycles. The van der Waals surface area contributed by atoms with Gasteiger partial charge < -0.3 is 14.5 Å². The van der Waals surface area contributed by atoms with Crippen molar-refractivity contribution in [3.63, 3.8) is 0 Å². The summed E-state index contributed by atoms with van der Waals surface area (Å²) in [6, 6.07) is 1.89. The quantitative estimate of drug-likeness (QED) is 0.807. The van der Waals surface area contributed by atoms with E-state index in [1.54, 1.807) is 0 Å². The van der Waals surface area contributed by atoms with Gasteiger partial charge in [0, 0.05) is 32.2 Å². The first-order valence-corrected chi connectivity index (χ1v) is 10.1. The summed E-state index contributed by atoms with van der Waals surface area (Å²) in [7, 11) is 1.91. The third-order valence-electron chi connectivity index (χ3n) is 5.88. The van der Waals surface area contributed by atoms with Crippen molar-refractivity contribution in [3.8, 4) is 0 Å². The number of likely N-dealkylation sites (N-methyl/N-ethyl adjacent to an activating group) is 1. The summed E-state index contributed by atoms with van der Waals surface area (Å²) >= 11 is 0. The average Bonchev–Trinajstić information content (AvgIpc) is 3.02. The van der Waals surface area contributed by atoms with Crippen LogP contribution in [-0.2, 0) is 11.3 Å². The van der Waals surface area contributed by atoms with Crippen LogP contribution in [0.2, 0.25) is 0 Å². The maximum atomic E-state index is 12.9. The second kappa shape index (κ2) is 8.53. The van der Waals surface area contributed by atoms with Gasteiger partial charge in [0.1, 0.15) is 5.76 Å². The second-order valence-corrected chi connectivity index (χ2v) is 8.32. The number of carbonyl (C=O) groups excluding carboxylic acids is 1. The van der Waals surface area contributed by atoms with Gasteiger partial charge in [-0.2, -0.15) is 0 Å². The standard InChI is InChI=1S/C20H33N3O3/c1-16-13-18(21-26-16)14-22(2)15-20(25)10-6-11-23(19(20)24)12-9-17-7-4-3-5-8-17/h13,17,25H,3-12,14-15H2,1-2H3/t20-/m0/s1. The monoisotopic (exact) mass is 363 g/mol. The number of aromatic nitrogens is 1. The molecule has 26 heavy (non-hydrogen) atoms.